The number of ether oxygens (including phenoxy) is 2. The van der Waals surface area contributed by atoms with E-state index in [-0.39, 0.29) is 29.3 Å². The highest BCUT2D eigenvalue weighted by Crippen LogP contribution is 2.48. The topological polar surface area (TPSA) is 76.0 Å². The molecule has 0 spiro atoms. The molecule has 0 heterocycles. The van der Waals surface area contributed by atoms with Crippen molar-refractivity contribution in [1.29, 1.82) is 0 Å². The Morgan fingerprint density at radius 3 is 2.59 bits per heavy atom. The van der Waals surface area contributed by atoms with Crippen LogP contribution in [0.2, 0.25) is 0 Å². The zero-order chi connectivity index (χ0) is 23.0. The van der Waals surface area contributed by atoms with Gasteiger partial charge < -0.3 is 19.7 Å². The Kier molecular flexibility index (Phi) is 8.94. The van der Waals surface area contributed by atoms with Crippen molar-refractivity contribution in [2.24, 2.45) is 17.3 Å². The van der Waals surface area contributed by atoms with Gasteiger partial charge in [0.15, 0.2) is 0 Å². The van der Waals surface area contributed by atoms with Crippen LogP contribution in [-0.4, -0.2) is 41.1 Å². The van der Waals surface area contributed by atoms with Crippen molar-refractivity contribution in [3.05, 3.63) is 54.6 Å². The van der Waals surface area contributed by atoms with Gasteiger partial charge >= 0.3 is 5.97 Å². The van der Waals surface area contributed by atoms with Crippen LogP contribution in [-0.2, 0) is 9.53 Å². The van der Waals surface area contributed by atoms with Crippen molar-refractivity contribution in [3.8, 4) is 5.75 Å². The van der Waals surface area contributed by atoms with Gasteiger partial charge in [-0.25, -0.2) is 0 Å². The number of aliphatic hydroxyl groups is 2. The summed E-state index contributed by atoms with van der Waals surface area (Å²) in [6.07, 6.45) is 12.7. The SMILES string of the molecule is CC(C)OC(=O)CCC/C=C\CC1C(O)CC(O)C1/C=C/C1(COc2ccccc2)CC1. The van der Waals surface area contributed by atoms with Gasteiger partial charge in [0.2, 0.25) is 0 Å². The maximum Gasteiger partial charge on any atom is 0.306 e. The van der Waals surface area contributed by atoms with Gasteiger partial charge in [0.05, 0.1) is 24.9 Å². The summed E-state index contributed by atoms with van der Waals surface area (Å²) in [5, 5.41) is 21.0. The van der Waals surface area contributed by atoms with Crippen LogP contribution in [0.5, 0.6) is 5.75 Å². The van der Waals surface area contributed by atoms with Gasteiger partial charge in [-0.1, -0.05) is 42.5 Å². The molecule has 176 valence electrons. The highest BCUT2D eigenvalue weighted by Gasteiger charge is 2.43. The Labute approximate surface area is 192 Å². The van der Waals surface area contributed by atoms with Crippen LogP contribution >= 0.6 is 0 Å². The quantitative estimate of drug-likeness (QED) is 0.276. The van der Waals surface area contributed by atoms with Gasteiger partial charge in [-0.3, -0.25) is 4.79 Å². The van der Waals surface area contributed by atoms with Gasteiger partial charge in [-0.05, 0) is 64.0 Å². The van der Waals surface area contributed by atoms with E-state index in [1.165, 1.54) is 0 Å². The molecule has 0 saturated heterocycles. The molecule has 3 rings (SSSR count). The Bertz CT molecular complexity index is 766. The van der Waals surface area contributed by atoms with Gasteiger partial charge in [0, 0.05) is 24.2 Å². The lowest BCUT2D eigenvalue weighted by Crippen LogP contribution is -2.20. The number of carbonyl (C=O) groups is 1. The first-order valence-electron chi connectivity index (χ1n) is 12.0. The summed E-state index contributed by atoms with van der Waals surface area (Å²) >= 11 is 0. The number of unbranched alkanes of at least 4 members (excludes halogenated alkanes) is 1. The van der Waals surface area contributed by atoms with Crippen molar-refractivity contribution >= 4 is 5.97 Å². The highest BCUT2D eigenvalue weighted by molar-refractivity contribution is 5.69. The molecule has 1 aromatic carbocycles. The van der Waals surface area contributed by atoms with Gasteiger partial charge in [0.25, 0.3) is 0 Å². The summed E-state index contributed by atoms with van der Waals surface area (Å²) < 4.78 is 11.1. The Hall–Kier alpha value is -2.11. The number of benzene rings is 1. The van der Waals surface area contributed by atoms with Crippen LogP contribution in [0.25, 0.3) is 0 Å². The van der Waals surface area contributed by atoms with E-state index in [9.17, 15) is 15.0 Å². The van der Waals surface area contributed by atoms with E-state index in [0.29, 0.717) is 19.4 Å². The predicted octanol–water partition coefficient (Wildman–Crippen LogP) is 4.83. The molecule has 2 fully saturated rings. The van der Waals surface area contributed by atoms with Crippen molar-refractivity contribution < 1.29 is 24.5 Å². The van der Waals surface area contributed by atoms with Crippen LogP contribution in [0.1, 0.15) is 58.8 Å². The molecule has 0 amide bonds. The molecule has 1 aromatic rings. The fraction of sp³-hybridized carbons (Fsp3) is 0.593. The minimum absolute atomic E-state index is 0.00856. The highest BCUT2D eigenvalue weighted by atomic mass is 16.5. The molecule has 4 atom stereocenters. The van der Waals surface area contributed by atoms with Crippen LogP contribution < -0.4 is 4.74 Å². The van der Waals surface area contributed by atoms with Crippen molar-refractivity contribution in [2.45, 2.75) is 77.1 Å². The Balaban J connectivity index is 1.46. The van der Waals surface area contributed by atoms with E-state index in [2.05, 4.69) is 24.3 Å². The zero-order valence-corrected chi connectivity index (χ0v) is 19.4. The number of para-hydroxylation sites is 1. The second kappa shape index (κ2) is 11.7. The maximum atomic E-state index is 11.6. The second-order valence-corrected chi connectivity index (χ2v) is 9.57. The minimum atomic E-state index is -0.517. The summed E-state index contributed by atoms with van der Waals surface area (Å²) in [5.41, 5.74) is 0.0497. The molecule has 4 unspecified atom stereocenters. The van der Waals surface area contributed by atoms with Crippen LogP contribution in [0.3, 0.4) is 0 Å². The van der Waals surface area contributed by atoms with Gasteiger partial charge in [-0.15, -0.1) is 0 Å². The largest absolute Gasteiger partial charge is 0.493 e. The first kappa shape index (κ1) is 24.5. The molecule has 2 N–H and O–H groups in total. The molecule has 32 heavy (non-hydrogen) atoms. The van der Waals surface area contributed by atoms with Crippen molar-refractivity contribution in [1.82, 2.24) is 0 Å². The van der Waals surface area contributed by atoms with E-state index in [4.69, 9.17) is 9.47 Å². The number of esters is 1. The number of allylic oxidation sites excluding steroid dienone is 2. The third-order valence-corrected chi connectivity index (χ3v) is 6.44. The fourth-order valence-corrected chi connectivity index (χ4v) is 4.34. The molecular weight excluding hydrogens is 404 g/mol. The fourth-order valence-electron chi connectivity index (χ4n) is 4.34. The molecule has 2 saturated carbocycles. The molecule has 5 nitrogen and oxygen atoms in total. The lowest BCUT2D eigenvalue weighted by Gasteiger charge is -2.20. The summed E-state index contributed by atoms with van der Waals surface area (Å²) in [7, 11) is 0. The predicted molar refractivity (Wildman–Crippen MR) is 125 cm³/mol. The summed E-state index contributed by atoms with van der Waals surface area (Å²) in [5.74, 6) is 0.682. The smallest absolute Gasteiger partial charge is 0.306 e. The standard InChI is InChI=1S/C27H38O5/c1-20(2)32-26(30)13-9-4-3-8-12-22-23(25(29)18-24(22)28)14-15-27(16-17-27)19-31-21-10-6-5-7-11-21/h3,5-8,10-11,14-15,20,22-25,28-29H,4,9,12-13,16-19H2,1-2H3/b8-3-,15-14+. The monoisotopic (exact) mass is 442 g/mol. The van der Waals surface area contributed by atoms with Crippen LogP contribution in [0.15, 0.2) is 54.6 Å². The number of aliphatic hydroxyl groups excluding tert-OH is 2. The third-order valence-electron chi connectivity index (χ3n) is 6.44. The average molecular weight is 443 g/mol. The van der Waals surface area contributed by atoms with E-state index < -0.39 is 12.2 Å². The summed E-state index contributed by atoms with van der Waals surface area (Å²) in [4.78, 5) is 11.6. The molecule has 2 aliphatic carbocycles. The molecular formula is C27H38O5. The lowest BCUT2D eigenvalue weighted by molar-refractivity contribution is -0.147. The number of carbonyl (C=O) groups excluding carboxylic acids is 1. The van der Waals surface area contributed by atoms with E-state index >= 15 is 0 Å². The first-order chi connectivity index (χ1) is 15.4. The molecule has 0 aromatic heterocycles. The van der Waals surface area contributed by atoms with Gasteiger partial charge in [0.1, 0.15) is 5.75 Å². The molecule has 5 heteroatoms. The third kappa shape index (κ3) is 7.49. The summed E-state index contributed by atoms with van der Waals surface area (Å²) in [6, 6.07) is 9.84. The molecule has 2 aliphatic rings. The zero-order valence-electron chi connectivity index (χ0n) is 19.4. The van der Waals surface area contributed by atoms with E-state index in [1.807, 2.05) is 44.2 Å². The number of rotatable bonds is 12. The van der Waals surface area contributed by atoms with Gasteiger partial charge in [-0.2, -0.15) is 0 Å². The summed E-state index contributed by atoms with van der Waals surface area (Å²) in [6.45, 7) is 4.35. The minimum Gasteiger partial charge on any atom is -0.493 e. The maximum absolute atomic E-state index is 11.6. The van der Waals surface area contributed by atoms with E-state index in [0.717, 1.165) is 37.9 Å². The lowest BCUT2D eigenvalue weighted by atomic mass is 9.88. The van der Waals surface area contributed by atoms with Crippen molar-refractivity contribution in [2.75, 3.05) is 6.61 Å². The van der Waals surface area contributed by atoms with Crippen molar-refractivity contribution in [3.63, 3.8) is 0 Å². The second-order valence-electron chi connectivity index (χ2n) is 9.57. The Morgan fingerprint density at radius 2 is 1.91 bits per heavy atom. The Morgan fingerprint density at radius 1 is 1.16 bits per heavy atom. The van der Waals surface area contributed by atoms with Crippen LogP contribution in [0, 0.1) is 17.3 Å². The molecule has 0 bridgehead atoms. The number of hydrogen-bond acceptors (Lipinski definition) is 5. The first-order valence-corrected chi connectivity index (χ1v) is 12.0. The molecule has 0 radical (unpaired) electrons. The van der Waals surface area contributed by atoms with E-state index in [1.54, 1.807) is 0 Å². The molecule has 0 aliphatic heterocycles. The number of hydrogen-bond donors (Lipinski definition) is 2. The van der Waals surface area contributed by atoms with Crippen LogP contribution in [0.4, 0.5) is 0 Å². The average Bonchev–Trinajstić information content (AvgIpc) is 3.47. The normalized spacial score (nSPS) is 26.8.